The van der Waals surface area contributed by atoms with Gasteiger partial charge in [-0.1, -0.05) is 32.9 Å². The number of rotatable bonds is 4. The third kappa shape index (κ3) is 4.10. The molecule has 0 atom stereocenters. The molecule has 0 saturated heterocycles. The van der Waals surface area contributed by atoms with Crippen LogP contribution in [0.3, 0.4) is 0 Å². The highest BCUT2D eigenvalue weighted by molar-refractivity contribution is 7.90. The summed E-state index contributed by atoms with van der Waals surface area (Å²) in [7, 11) is -3.60. The Balaban J connectivity index is 1.76. The van der Waals surface area contributed by atoms with E-state index in [1.807, 2.05) is 12.1 Å². The number of halogens is 1. The van der Waals surface area contributed by atoms with Crippen LogP contribution in [0.25, 0.3) is 16.6 Å². The lowest BCUT2D eigenvalue weighted by Gasteiger charge is -2.19. The summed E-state index contributed by atoms with van der Waals surface area (Å²) < 4.78 is 42.1. The van der Waals surface area contributed by atoms with E-state index in [4.69, 9.17) is 0 Å². The van der Waals surface area contributed by atoms with E-state index < -0.39 is 15.7 Å². The molecule has 7 heteroatoms. The number of benzene rings is 2. The fourth-order valence-electron chi connectivity index (χ4n) is 3.61. The Labute approximate surface area is 181 Å². The van der Waals surface area contributed by atoms with Crippen molar-refractivity contribution in [1.29, 1.82) is 0 Å². The maximum absolute atomic E-state index is 14.2. The molecule has 0 fully saturated rings. The zero-order valence-corrected chi connectivity index (χ0v) is 18.7. The molecule has 0 radical (unpaired) electrons. The first-order chi connectivity index (χ1) is 14.6. The molecule has 2 aromatic heterocycles. The summed E-state index contributed by atoms with van der Waals surface area (Å²) in [5, 5.41) is 5.06. The summed E-state index contributed by atoms with van der Waals surface area (Å²) in [6.45, 7) is 8.05. The normalized spacial score (nSPS) is 12.4. The topological polar surface area (TPSA) is 64.8 Å². The summed E-state index contributed by atoms with van der Waals surface area (Å²) in [6, 6.07) is 15.2. The first kappa shape index (κ1) is 21.2. The van der Waals surface area contributed by atoms with Crippen LogP contribution in [0.15, 0.2) is 65.7 Å². The number of aromatic nitrogens is 3. The van der Waals surface area contributed by atoms with Gasteiger partial charge in [0.25, 0.3) is 0 Å². The Morgan fingerprint density at radius 1 is 1.03 bits per heavy atom. The highest BCUT2D eigenvalue weighted by Gasteiger charge is 2.22. The molecule has 2 heterocycles. The first-order valence-electron chi connectivity index (χ1n) is 9.99. The number of pyridine rings is 1. The highest BCUT2D eigenvalue weighted by atomic mass is 32.2. The molecule has 2 aromatic carbocycles. The predicted octanol–water partition coefficient (Wildman–Crippen LogP) is 5.14. The fourth-order valence-corrected chi connectivity index (χ4v) is 4.93. The summed E-state index contributed by atoms with van der Waals surface area (Å²) in [5.41, 5.74) is 3.00. The monoisotopic (exact) mass is 437 g/mol. The molecule has 31 heavy (non-hydrogen) atoms. The largest absolute Gasteiger partial charge is 0.253 e. The number of fused-ring (bicyclic) bond motifs is 1. The molecular formula is C24H24FN3O2S. The van der Waals surface area contributed by atoms with Gasteiger partial charge in [-0.15, -0.1) is 0 Å². The number of sulfone groups is 1. The lowest BCUT2D eigenvalue weighted by molar-refractivity contribution is 0.585. The maximum Gasteiger partial charge on any atom is 0.184 e. The minimum Gasteiger partial charge on any atom is -0.253 e. The third-order valence-electron chi connectivity index (χ3n) is 5.25. The van der Waals surface area contributed by atoms with Crippen LogP contribution < -0.4 is 0 Å². The third-order valence-corrected chi connectivity index (χ3v) is 6.91. The maximum atomic E-state index is 14.2. The molecule has 0 aliphatic carbocycles. The molecule has 0 bridgehead atoms. The number of nitrogens with zero attached hydrogens (tertiary/aromatic N) is 3. The molecular weight excluding hydrogens is 413 g/mol. The summed E-state index contributed by atoms with van der Waals surface area (Å²) >= 11 is 0. The van der Waals surface area contributed by atoms with Crippen LogP contribution >= 0.6 is 0 Å². The summed E-state index contributed by atoms with van der Waals surface area (Å²) in [5.74, 6) is -0.654. The van der Waals surface area contributed by atoms with Gasteiger partial charge >= 0.3 is 0 Å². The minimum atomic E-state index is -3.60. The molecule has 0 N–H and O–H groups in total. The van der Waals surface area contributed by atoms with Crippen LogP contribution in [0, 0.1) is 12.7 Å². The Hall–Kier alpha value is -3.06. The predicted molar refractivity (Wildman–Crippen MR) is 120 cm³/mol. The highest BCUT2D eigenvalue weighted by Crippen LogP contribution is 2.27. The van der Waals surface area contributed by atoms with E-state index in [-0.39, 0.29) is 21.6 Å². The van der Waals surface area contributed by atoms with Crippen LogP contribution in [0.5, 0.6) is 0 Å². The van der Waals surface area contributed by atoms with Crippen LogP contribution in [0.2, 0.25) is 0 Å². The Bertz CT molecular complexity index is 1370. The molecule has 0 unspecified atom stereocenters. The van der Waals surface area contributed by atoms with Crippen LogP contribution in [0.4, 0.5) is 4.39 Å². The Morgan fingerprint density at radius 3 is 2.42 bits per heavy atom. The van der Waals surface area contributed by atoms with Crippen molar-refractivity contribution in [2.24, 2.45) is 0 Å². The zero-order chi connectivity index (χ0) is 22.4. The molecule has 0 saturated carbocycles. The first-order valence-corrected chi connectivity index (χ1v) is 11.6. The molecule has 4 rings (SSSR count). The van der Waals surface area contributed by atoms with Crippen molar-refractivity contribution in [3.63, 3.8) is 0 Å². The molecule has 0 aliphatic heterocycles. The van der Waals surface area contributed by atoms with Crippen molar-refractivity contribution in [2.75, 3.05) is 0 Å². The second-order valence-electron chi connectivity index (χ2n) is 8.69. The van der Waals surface area contributed by atoms with Crippen molar-refractivity contribution in [1.82, 2.24) is 14.8 Å². The Morgan fingerprint density at radius 2 is 1.74 bits per heavy atom. The van der Waals surface area contributed by atoms with Crippen molar-refractivity contribution in [3.05, 3.63) is 83.6 Å². The van der Waals surface area contributed by atoms with Gasteiger partial charge in [-0.3, -0.25) is 4.98 Å². The summed E-state index contributed by atoms with van der Waals surface area (Å²) in [6.07, 6.45) is 1.52. The van der Waals surface area contributed by atoms with E-state index in [1.165, 1.54) is 12.3 Å². The van der Waals surface area contributed by atoms with Gasteiger partial charge in [0.05, 0.1) is 27.7 Å². The number of hydrogen-bond donors (Lipinski definition) is 0. The average Bonchev–Trinajstić information content (AvgIpc) is 3.07. The average molecular weight is 438 g/mol. The van der Waals surface area contributed by atoms with Crippen molar-refractivity contribution in [3.8, 4) is 5.69 Å². The van der Waals surface area contributed by atoms with E-state index in [0.717, 1.165) is 5.56 Å². The Kier molecular flexibility index (Phi) is 5.17. The van der Waals surface area contributed by atoms with Crippen molar-refractivity contribution < 1.29 is 12.8 Å². The molecule has 0 aliphatic rings. The van der Waals surface area contributed by atoms with E-state index in [9.17, 15) is 12.8 Å². The second-order valence-corrected chi connectivity index (χ2v) is 10.7. The van der Waals surface area contributed by atoms with Gasteiger partial charge < -0.3 is 0 Å². The van der Waals surface area contributed by atoms with Gasteiger partial charge in [0.15, 0.2) is 9.84 Å². The van der Waals surface area contributed by atoms with Gasteiger partial charge in [0, 0.05) is 11.6 Å². The SMILES string of the molecule is Cc1cc(CS(=O)(=O)c2ccc(C(C)(C)C)cc2)n(-c2ccc(F)c3ncccc23)n1. The van der Waals surface area contributed by atoms with Crippen molar-refractivity contribution in [2.45, 2.75) is 43.8 Å². The molecule has 0 amide bonds. The van der Waals surface area contributed by atoms with E-state index >= 15 is 0 Å². The molecule has 0 spiro atoms. The second kappa shape index (κ2) is 7.57. The zero-order valence-electron chi connectivity index (χ0n) is 17.9. The van der Waals surface area contributed by atoms with Gasteiger partial charge in [-0.2, -0.15) is 5.10 Å². The van der Waals surface area contributed by atoms with E-state index in [2.05, 4.69) is 30.9 Å². The molecule has 4 aromatic rings. The fraction of sp³-hybridized carbons (Fsp3) is 0.250. The standard InChI is InChI=1S/C24H24FN3O2S/c1-16-14-18(15-31(29,30)19-9-7-17(8-10-19)24(2,3)4)28(27-16)22-12-11-21(25)23-20(22)6-5-13-26-23/h5-14H,15H2,1-4H3. The van der Waals surface area contributed by atoms with Gasteiger partial charge in [0.1, 0.15) is 11.3 Å². The van der Waals surface area contributed by atoms with Gasteiger partial charge in [0.2, 0.25) is 0 Å². The van der Waals surface area contributed by atoms with Crippen molar-refractivity contribution >= 4 is 20.7 Å². The van der Waals surface area contributed by atoms with Gasteiger partial charge in [-0.25, -0.2) is 17.5 Å². The van der Waals surface area contributed by atoms with Crippen LogP contribution in [0.1, 0.15) is 37.7 Å². The van der Waals surface area contributed by atoms with Crippen LogP contribution in [-0.4, -0.2) is 23.2 Å². The quantitative estimate of drug-likeness (QED) is 0.443. The molecule has 5 nitrogen and oxygen atoms in total. The lowest BCUT2D eigenvalue weighted by atomic mass is 9.87. The number of hydrogen-bond acceptors (Lipinski definition) is 4. The summed E-state index contributed by atoms with van der Waals surface area (Å²) in [4.78, 5) is 4.38. The van der Waals surface area contributed by atoms with Gasteiger partial charge in [-0.05, 0) is 60.4 Å². The van der Waals surface area contributed by atoms with E-state index in [1.54, 1.807) is 48.0 Å². The lowest BCUT2D eigenvalue weighted by Crippen LogP contribution is -2.13. The smallest absolute Gasteiger partial charge is 0.184 e. The van der Waals surface area contributed by atoms with E-state index in [0.29, 0.717) is 22.5 Å². The minimum absolute atomic E-state index is 0.0598. The van der Waals surface area contributed by atoms with Crippen LogP contribution in [-0.2, 0) is 21.0 Å². The molecule has 160 valence electrons. The number of aryl methyl sites for hydroxylation is 1.